The van der Waals surface area contributed by atoms with Gasteiger partial charge in [-0.25, -0.2) is 0 Å². The molecule has 0 fully saturated rings. The van der Waals surface area contributed by atoms with Gasteiger partial charge in [0.15, 0.2) is 0 Å². The maximum Gasteiger partial charge on any atom is 0.122 e. The van der Waals surface area contributed by atoms with Gasteiger partial charge >= 0.3 is 0 Å². The minimum atomic E-state index is -0.621. The van der Waals surface area contributed by atoms with E-state index in [4.69, 9.17) is 9.15 Å². The molecule has 2 aromatic rings. The van der Waals surface area contributed by atoms with Crippen LogP contribution in [-0.2, 0) is 6.42 Å². The number of hydrogen-bond donors (Lipinski definition) is 1. The first-order valence-electron chi connectivity index (χ1n) is 5.30. The zero-order chi connectivity index (χ0) is 11.0. The first kappa shape index (κ1) is 9.48. The molecule has 1 unspecified atom stereocenters. The molecule has 2 heterocycles. The fraction of sp³-hybridized carbons (Fsp3) is 0.231. The van der Waals surface area contributed by atoms with Crippen LogP contribution >= 0.6 is 0 Å². The molecule has 82 valence electrons. The van der Waals surface area contributed by atoms with Crippen molar-refractivity contribution in [2.24, 2.45) is 0 Å². The Balaban J connectivity index is 1.95. The van der Waals surface area contributed by atoms with Gasteiger partial charge in [-0.3, -0.25) is 0 Å². The Kier molecular flexibility index (Phi) is 2.18. The standard InChI is InChI=1S/C13H12O3/c14-13(11-3-5-15-8-11)10-1-2-12-9(7-10)4-6-16-12/h1-3,5,7-8,13-14H,4,6H2. The summed E-state index contributed by atoms with van der Waals surface area (Å²) in [6, 6.07) is 7.58. The Morgan fingerprint density at radius 1 is 1.19 bits per heavy atom. The maximum absolute atomic E-state index is 10.1. The summed E-state index contributed by atoms with van der Waals surface area (Å²) in [5.41, 5.74) is 2.82. The highest BCUT2D eigenvalue weighted by Crippen LogP contribution is 2.30. The smallest absolute Gasteiger partial charge is 0.122 e. The zero-order valence-electron chi connectivity index (χ0n) is 8.72. The van der Waals surface area contributed by atoms with E-state index in [1.54, 1.807) is 18.6 Å². The minimum absolute atomic E-state index is 0.621. The summed E-state index contributed by atoms with van der Waals surface area (Å²) < 4.78 is 10.4. The number of aliphatic hydroxyl groups is 1. The van der Waals surface area contributed by atoms with Crippen LogP contribution in [0.1, 0.15) is 22.8 Å². The predicted octanol–water partition coefficient (Wildman–Crippen LogP) is 2.30. The van der Waals surface area contributed by atoms with Gasteiger partial charge in [0, 0.05) is 12.0 Å². The van der Waals surface area contributed by atoms with Crippen LogP contribution < -0.4 is 4.74 Å². The highest BCUT2D eigenvalue weighted by atomic mass is 16.5. The lowest BCUT2D eigenvalue weighted by atomic mass is 10.0. The van der Waals surface area contributed by atoms with Crippen molar-refractivity contribution >= 4 is 0 Å². The van der Waals surface area contributed by atoms with Crippen LogP contribution in [-0.4, -0.2) is 11.7 Å². The average molecular weight is 216 g/mol. The van der Waals surface area contributed by atoms with Gasteiger partial charge < -0.3 is 14.3 Å². The third kappa shape index (κ3) is 1.49. The number of fused-ring (bicyclic) bond motifs is 1. The molecule has 16 heavy (non-hydrogen) atoms. The third-order valence-corrected chi connectivity index (χ3v) is 2.89. The van der Waals surface area contributed by atoms with Crippen molar-refractivity contribution in [1.82, 2.24) is 0 Å². The Morgan fingerprint density at radius 2 is 2.12 bits per heavy atom. The van der Waals surface area contributed by atoms with E-state index >= 15 is 0 Å². The number of furan rings is 1. The largest absolute Gasteiger partial charge is 0.493 e. The lowest BCUT2D eigenvalue weighted by Gasteiger charge is -2.09. The molecule has 1 N–H and O–H groups in total. The van der Waals surface area contributed by atoms with Crippen LogP contribution in [0.15, 0.2) is 41.2 Å². The summed E-state index contributed by atoms with van der Waals surface area (Å²) in [5, 5.41) is 10.1. The molecule has 3 heteroatoms. The van der Waals surface area contributed by atoms with Crippen LogP contribution in [0.25, 0.3) is 0 Å². The quantitative estimate of drug-likeness (QED) is 0.837. The summed E-state index contributed by atoms with van der Waals surface area (Å²) >= 11 is 0. The Labute approximate surface area is 93.3 Å². The molecule has 3 nitrogen and oxygen atoms in total. The predicted molar refractivity (Wildman–Crippen MR) is 58.4 cm³/mol. The molecule has 1 aromatic carbocycles. The number of ether oxygens (including phenoxy) is 1. The fourth-order valence-electron chi connectivity index (χ4n) is 2.00. The molecule has 0 radical (unpaired) electrons. The first-order valence-corrected chi connectivity index (χ1v) is 5.30. The van der Waals surface area contributed by atoms with Gasteiger partial charge in [-0.1, -0.05) is 6.07 Å². The van der Waals surface area contributed by atoms with Gasteiger partial charge in [-0.05, 0) is 29.3 Å². The van der Waals surface area contributed by atoms with E-state index in [1.807, 2.05) is 18.2 Å². The number of aliphatic hydroxyl groups excluding tert-OH is 1. The summed E-state index contributed by atoms with van der Waals surface area (Å²) in [7, 11) is 0. The number of rotatable bonds is 2. The molecule has 1 aromatic heterocycles. The molecule has 0 saturated heterocycles. The monoisotopic (exact) mass is 216 g/mol. The SMILES string of the molecule is OC(c1ccoc1)c1ccc2c(c1)CCO2. The molecule has 0 spiro atoms. The molecule has 0 bridgehead atoms. The van der Waals surface area contributed by atoms with Crippen molar-refractivity contribution < 1.29 is 14.3 Å². The summed E-state index contributed by atoms with van der Waals surface area (Å²) in [6.07, 6.45) is 3.43. The van der Waals surface area contributed by atoms with Crippen molar-refractivity contribution in [2.75, 3.05) is 6.61 Å². The van der Waals surface area contributed by atoms with Crippen molar-refractivity contribution in [1.29, 1.82) is 0 Å². The van der Waals surface area contributed by atoms with Crippen molar-refractivity contribution in [3.05, 3.63) is 53.5 Å². The van der Waals surface area contributed by atoms with E-state index in [9.17, 15) is 5.11 Å². The van der Waals surface area contributed by atoms with E-state index in [1.165, 1.54) is 5.56 Å². The normalized spacial score (nSPS) is 15.6. The van der Waals surface area contributed by atoms with E-state index in [-0.39, 0.29) is 0 Å². The minimum Gasteiger partial charge on any atom is -0.493 e. The first-order chi connectivity index (χ1) is 7.84. The van der Waals surface area contributed by atoms with Crippen LogP contribution in [0.4, 0.5) is 0 Å². The molecule has 3 rings (SSSR count). The number of benzene rings is 1. The average Bonchev–Trinajstić information content (AvgIpc) is 2.98. The van der Waals surface area contributed by atoms with E-state index in [0.29, 0.717) is 0 Å². The fourth-order valence-corrected chi connectivity index (χ4v) is 2.00. The summed E-state index contributed by atoms with van der Waals surface area (Å²) in [6.45, 7) is 0.737. The van der Waals surface area contributed by atoms with Crippen molar-refractivity contribution in [2.45, 2.75) is 12.5 Å². The molecule has 1 aliphatic heterocycles. The summed E-state index contributed by atoms with van der Waals surface area (Å²) in [4.78, 5) is 0. The van der Waals surface area contributed by atoms with Crippen LogP contribution in [0.3, 0.4) is 0 Å². The molecule has 1 aliphatic rings. The summed E-state index contributed by atoms with van der Waals surface area (Å²) in [5.74, 6) is 0.933. The Morgan fingerprint density at radius 3 is 2.94 bits per heavy atom. The van der Waals surface area contributed by atoms with E-state index < -0.39 is 6.10 Å². The lowest BCUT2D eigenvalue weighted by molar-refractivity contribution is 0.219. The van der Waals surface area contributed by atoms with Gasteiger partial charge in [0.25, 0.3) is 0 Å². The van der Waals surface area contributed by atoms with E-state index in [0.717, 1.165) is 29.9 Å². The maximum atomic E-state index is 10.1. The third-order valence-electron chi connectivity index (χ3n) is 2.89. The van der Waals surface area contributed by atoms with Crippen LogP contribution in [0.2, 0.25) is 0 Å². The van der Waals surface area contributed by atoms with Gasteiger partial charge in [0.1, 0.15) is 11.9 Å². The second-order valence-corrected chi connectivity index (χ2v) is 3.92. The zero-order valence-corrected chi connectivity index (χ0v) is 8.72. The highest BCUT2D eigenvalue weighted by molar-refractivity contribution is 5.42. The van der Waals surface area contributed by atoms with E-state index in [2.05, 4.69) is 0 Å². The highest BCUT2D eigenvalue weighted by Gasteiger charge is 2.16. The van der Waals surface area contributed by atoms with Gasteiger partial charge in [-0.15, -0.1) is 0 Å². The van der Waals surface area contributed by atoms with Crippen LogP contribution in [0.5, 0.6) is 5.75 Å². The topological polar surface area (TPSA) is 42.6 Å². The molecule has 0 amide bonds. The molecule has 0 aliphatic carbocycles. The van der Waals surface area contributed by atoms with Gasteiger partial charge in [0.05, 0.1) is 19.1 Å². The van der Waals surface area contributed by atoms with Gasteiger partial charge in [0.2, 0.25) is 0 Å². The van der Waals surface area contributed by atoms with Crippen molar-refractivity contribution in [3.8, 4) is 5.75 Å². The van der Waals surface area contributed by atoms with Gasteiger partial charge in [-0.2, -0.15) is 0 Å². The molecule has 0 saturated carbocycles. The second-order valence-electron chi connectivity index (χ2n) is 3.92. The second kappa shape index (κ2) is 3.68. The lowest BCUT2D eigenvalue weighted by Crippen LogP contribution is -1.98. The molecule has 1 atom stereocenters. The Bertz CT molecular complexity index is 488. The molecular weight excluding hydrogens is 204 g/mol. The van der Waals surface area contributed by atoms with Crippen LogP contribution in [0, 0.1) is 0 Å². The molecular formula is C13H12O3. The number of hydrogen-bond acceptors (Lipinski definition) is 3. The van der Waals surface area contributed by atoms with Crippen molar-refractivity contribution in [3.63, 3.8) is 0 Å². The Hall–Kier alpha value is -1.74.